The Hall–Kier alpha value is -2.07. The highest BCUT2D eigenvalue weighted by molar-refractivity contribution is 7.80. The van der Waals surface area contributed by atoms with Crippen LogP contribution in [0.5, 0.6) is 0 Å². The third-order valence-electron chi connectivity index (χ3n) is 2.26. The molecule has 1 aliphatic rings. The molecule has 1 aromatic rings. The fourth-order valence-corrected chi connectivity index (χ4v) is 1.87. The van der Waals surface area contributed by atoms with Gasteiger partial charge in [0, 0.05) is 13.1 Å². The van der Waals surface area contributed by atoms with Gasteiger partial charge in [0.2, 0.25) is 5.82 Å². The van der Waals surface area contributed by atoms with Gasteiger partial charge in [-0.3, -0.25) is 4.55 Å². The molecule has 0 fully saturated rings. The number of nitrogen functional groups attached to an aromatic ring is 2. The number of nitrogens with zero attached hydrogens (tertiary/aromatic N) is 3. The van der Waals surface area contributed by atoms with E-state index in [0.29, 0.717) is 23.6 Å². The van der Waals surface area contributed by atoms with Crippen molar-refractivity contribution in [3.05, 3.63) is 18.2 Å². The highest BCUT2D eigenvalue weighted by Gasteiger charge is 2.22. The van der Waals surface area contributed by atoms with Crippen LogP contribution < -0.4 is 25.4 Å². The summed E-state index contributed by atoms with van der Waals surface area (Å²) in [7, 11) is -4.72. The second-order valence-corrected chi connectivity index (χ2v) is 4.57. The fourth-order valence-electron chi connectivity index (χ4n) is 1.52. The van der Waals surface area contributed by atoms with E-state index in [1.54, 1.807) is 0 Å². The standard InChI is InChI=1S/C8H11N5O4S/c9-6-5-7(12-3-1-2-4-12)11-8(10)13(6)17-18(14,15)16/h1-2,5H,3-4H2,(H4,9,10,11,14,15,16)/p+1. The van der Waals surface area contributed by atoms with Crippen molar-refractivity contribution in [3.8, 4) is 0 Å². The van der Waals surface area contributed by atoms with Crippen molar-refractivity contribution in [2.75, 3.05) is 29.5 Å². The molecule has 98 valence electrons. The van der Waals surface area contributed by atoms with Crippen LogP contribution in [-0.2, 0) is 10.4 Å². The van der Waals surface area contributed by atoms with E-state index in [9.17, 15) is 8.42 Å². The zero-order chi connectivity index (χ0) is 13.3. The molecule has 9 nitrogen and oxygen atoms in total. The van der Waals surface area contributed by atoms with Gasteiger partial charge in [0.05, 0.1) is 6.07 Å². The van der Waals surface area contributed by atoms with Gasteiger partial charge >= 0.3 is 16.3 Å². The van der Waals surface area contributed by atoms with Crippen LogP contribution in [0.15, 0.2) is 18.2 Å². The quantitative estimate of drug-likeness (QED) is 0.332. The normalized spacial score (nSPS) is 15.1. The van der Waals surface area contributed by atoms with Crippen molar-refractivity contribution < 1.29 is 22.0 Å². The number of rotatable bonds is 3. The molecule has 10 heteroatoms. The van der Waals surface area contributed by atoms with Crippen molar-refractivity contribution >= 4 is 28.0 Å². The zero-order valence-electron chi connectivity index (χ0n) is 9.22. The molecule has 0 saturated heterocycles. The summed E-state index contributed by atoms with van der Waals surface area (Å²) in [5.74, 6) is 0.113. The summed E-state index contributed by atoms with van der Waals surface area (Å²) in [4.78, 5) is 5.81. The summed E-state index contributed by atoms with van der Waals surface area (Å²) in [5.41, 5.74) is 11.1. The molecule has 0 saturated carbocycles. The van der Waals surface area contributed by atoms with E-state index in [4.69, 9.17) is 16.0 Å². The summed E-state index contributed by atoms with van der Waals surface area (Å²) in [6.07, 6.45) is 3.90. The lowest BCUT2D eigenvalue weighted by Crippen LogP contribution is -2.50. The van der Waals surface area contributed by atoms with Crippen molar-refractivity contribution in [2.24, 2.45) is 0 Å². The maximum Gasteiger partial charge on any atom is 0.474 e. The first-order valence-electron chi connectivity index (χ1n) is 4.92. The Morgan fingerprint density at radius 3 is 2.50 bits per heavy atom. The van der Waals surface area contributed by atoms with Crippen LogP contribution in [0.1, 0.15) is 0 Å². The topological polar surface area (TPSA) is 136 Å². The summed E-state index contributed by atoms with van der Waals surface area (Å²) in [6, 6.07) is 1.40. The predicted octanol–water partition coefficient (Wildman–Crippen LogP) is -1.86. The van der Waals surface area contributed by atoms with Gasteiger partial charge in [-0.05, 0) is 4.73 Å². The lowest BCUT2D eigenvalue weighted by atomic mass is 10.4. The number of aromatic nitrogens is 2. The van der Waals surface area contributed by atoms with Gasteiger partial charge in [-0.2, -0.15) is 8.42 Å². The second-order valence-electron chi connectivity index (χ2n) is 3.57. The smallest absolute Gasteiger partial charge is 0.339 e. The molecule has 1 aromatic heterocycles. The Kier molecular flexibility index (Phi) is 2.97. The van der Waals surface area contributed by atoms with Crippen LogP contribution in [-0.4, -0.2) is 31.0 Å². The average Bonchev–Trinajstić information content (AvgIpc) is 2.75. The Balaban J connectivity index is 2.34. The van der Waals surface area contributed by atoms with Crippen molar-refractivity contribution in [3.63, 3.8) is 0 Å². The van der Waals surface area contributed by atoms with E-state index in [1.807, 2.05) is 17.1 Å². The minimum absolute atomic E-state index is 0.0953. The fraction of sp³-hybridized carbons (Fsp3) is 0.250. The first-order chi connectivity index (χ1) is 8.37. The van der Waals surface area contributed by atoms with E-state index in [-0.39, 0.29) is 11.8 Å². The van der Waals surface area contributed by atoms with Gasteiger partial charge in [-0.1, -0.05) is 17.1 Å². The molecule has 0 spiro atoms. The SMILES string of the molecule is Nc1cc(N2CC=CC2)nc(N)[n+]1OS(=O)(=O)O. The van der Waals surface area contributed by atoms with E-state index >= 15 is 0 Å². The monoisotopic (exact) mass is 274 g/mol. The van der Waals surface area contributed by atoms with E-state index in [1.165, 1.54) is 6.07 Å². The molecule has 0 unspecified atom stereocenters. The molecule has 5 N–H and O–H groups in total. The van der Waals surface area contributed by atoms with Crippen LogP contribution in [0.2, 0.25) is 0 Å². The maximum absolute atomic E-state index is 10.6. The lowest BCUT2D eigenvalue weighted by Gasteiger charge is -2.15. The van der Waals surface area contributed by atoms with Gasteiger partial charge < -0.3 is 16.4 Å². The molecule has 0 aromatic carbocycles. The lowest BCUT2D eigenvalue weighted by molar-refractivity contribution is -0.835. The Bertz CT molecular complexity index is 569. The summed E-state index contributed by atoms with van der Waals surface area (Å²) in [6.45, 7) is 1.32. The molecule has 2 rings (SSSR count). The Morgan fingerprint density at radius 2 is 2.00 bits per heavy atom. The first-order valence-corrected chi connectivity index (χ1v) is 6.29. The minimum atomic E-state index is -4.72. The first kappa shape index (κ1) is 12.4. The molecule has 18 heavy (non-hydrogen) atoms. The molecule has 0 aliphatic carbocycles. The van der Waals surface area contributed by atoms with Crippen LogP contribution in [0.3, 0.4) is 0 Å². The number of nitrogens with two attached hydrogens (primary N) is 2. The molecule has 0 amide bonds. The molecular weight excluding hydrogens is 262 g/mol. The van der Waals surface area contributed by atoms with Crippen molar-refractivity contribution in [1.29, 1.82) is 0 Å². The average molecular weight is 274 g/mol. The van der Waals surface area contributed by atoms with Crippen molar-refractivity contribution in [1.82, 2.24) is 4.98 Å². The van der Waals surface area contributed by atoms with Crippen molar-refractivity contribution in [2.45, 2.75) is 0 Å². The molecule has 0 radical (unpaired) electrons. The molecule has 1 aliphatic heterocycles. The third-order valence-corrected chi connectivity index (χ3v) is 2.60. The number of hydrogen-bond donors (Lipinski definition) is 3. The van der Waals surface area contributed by atoms with E-state index in [2.05, 4.69) is 9.27 Å². The summed E-state index contributed by atoms with van der Waals surface area (Å²) < 4.78 is 34.5. The van der Waals surface area contributed by atoms with Crippen LogP contribution >= 0.6 is 0 Å². The van der Waals surface area contributed by atoms with E-state index < -0.39 is 10.4 Å². The maximum atomic E-state index is 10.6. The van der Waals surface area contributed by atoms with Gasteiger partial charge in [0.1, 0.15) is 0 Å². The van der Waals surface area contributed by atoms with Crippen LogP contribution in [0.4, 0.5) is 17.6 Å². The second kappa shape index (κ2) is 4.31. The largest absolute Gasteiger partial charge is 0.474 e. The Labute approximate surface area is 103 Å². The highest BCUT2D eigenvalue weighted by Crippen LogP contribution is 2.16. The summed E-state index contributed by atoms with van der Waals surface area (Å²) in [5, 5.41) is 0. The zero-order valence-corrected chi connectivity index (χ0v) is 10.0. The van der Waals surface area contributed by atoms with Gasteiger partial charge in [0.25, 0.3) is 0 Å². The summed E-state index contributed by atoms with van der Waals surface area (Å²) >= 11 is 0. The Morgan fingerprint density at radius 1 is 1.39 bits per heavy atom. The van der Waals surface area contributed by atoms with Crippen LogP contribution in [0.25, 0.3) is 0 Å². The van der Waals surface area contributed by atoms with Gasteiger partial charge in [-0.25, -0.2) is 4.28 Å². The molecular formula is C8H12N5O4S+. The minimum Gasteiger partial charge on any atom is -0.339 e. The van der Waals surface area contributed by atoms with Crippen LogP contribution in [0, 0.1) is 0 Å². The molecule has 2 heterocycles. The van der Waals surface area contributed by atoms with Gasteiger partial charge in [-0.15, -0.1) is 0 Å². The number of hydrogen-bond acceptors (Lipinski definition) is 7. The van der Waals surface area contributed by atoms with E-state index in [0.717, 1.165) is 0 Å². The number of anilines is 3. The third kappa shape index (κ3) is 2.60. The highest BCUT2D eigenvalue weighted by atomic mass is 32.3. The van der Waals surface area contributed by atoms with Gasteiger partial charge in [0.15, 0.2) is 5.82 Å². The predicted molar refractivity (Wildman–Crippen MR) is 62.7 cm³/mol. The molecule has 0 bridgehead atoms. The molecule has 0 atom stereocenters.